The van der Waals surface area contributed by atoms with E-state index in [0.717, 1.165) is 12.8 Å². The fourth-order valence-corrected chi connectivity index (χ4v) is 0.717. The minimum atomic E-state index is -0.275. The average molecular weight is 230 g/mol. The number of rotatable bonds is 4. The summed E-state index contributed by atoms with van der Waals surface area (Å²) in [5.74, 6) is 0.208. The Morgan fingerprint density at radius 2 is 1.69 bits per heavy atom. The lowest BCUT2D eigenvalue weighted by Crippen LogP contribution is -2.09. The number of aromatic nitrogens is 3. The highest BCUT2D eigenvalue weighted by atomic mass is 16.3. The Kier molecular flexibility index (Phi) is 7.72. The first kappa shape index (κ1) is 14.3. The van der Waals surface area contributed by atoms with Crippen LogP contribution in [0.3, 0.4) is 0 Å². The van der Waals surface area contributed by atoms with Gasteiger partial charge in [0, 0.05) is 6.61 Å². The molecule has 0 saturated carbocycles. The Morgan fingerprint density at radius 1 is 1.12 bits per heavy atom. The van der Waals surface area contributed by atoms with Gasteiger partial charge in [-0.25, -0.2) is 0 Å². The third-order valence-electron chi connectivity index (χ3n) is 1.42. The number of hydrogen-bond acceptors (Lipinski definition) is 8. The summed E-state index contributed by atoms with van der Waals surface area (Å²) < 4.78 is 0. The fourth-order valence-electron chi connectivity index (χ4n) is 0.717. The van der Waals surface area contributed by atoms with Crippen molar-refractivity contribution in [2.45, 2.75) is 19.8 Å². The van der Waals surface area contributed by atoms with E-state index < -0.39 is 0 Å². The molecule has 0 radical (unpaired) electrons. The van der Waals surface area contributed by atoms with E-state index in [4.69, 9.17) is 21.7 Å². The Labute approximate surface area is 93.7 Å². The molecule has 92 valence electrons. The molecule has 0 amide bonds. The van der Waals surface area contributed by atoms with Gasteiger partial charge < -0.3 is 27.0 Å². The maximum Gasteiger partial charge on any atom is 0.231 e. The molecule has 1 aromatic rings. The largest absolute Gasteiger partial charge is 0.396 e. The van der Waals surface area contributed by atoms with Crippen LogP contribution in [0.2, 0.25) is 0 Å². The molecule has 8 heteroatoms. The molecule has 1 rings (SSSR count). The van der Waals surface area contributed by atoms with Crippen LogP contribution < -0.4 is 16.8 Å². The van der Waals surface area contributed by atoms with Crippen LogP contribution in [0.1, 0.15) is 19.8 Å². The minimum absolute atomic E-state index is 0.0217. The maximum atomic E-state index is 8.41. The van der Waals surface area contributed by atoms with Crippen LogP contribution in [-0.2, 0) is 0 Å². The number of hydrogen-bond donors (Lipinski definition) is 5. The molecule has 16 heavy (non-hydrogen) atoms. The molecule has 0 atom stereocenters. The van der Waals surface area contributed by atoms with E-state index in [0.29, 0.717) is 6.61 Å². The Hall–Kier alpha value is -1.67. The van der Waals surface area contributed by atoms with Gasteiger partial charge in [0.25, 0.3) is 0 Å². The standard InChI is InChI=1S/C4H8N6O.C4H10O/c5-2-8-3(6)10-4(9-2)7-1-11;1-2-3-4-5/h11H,1H2,(H5,5,6,7,8,9,10);5H,2-4H2,1H3. The SMILES string of the molecule is CCCCO.Nc1nc(N)nc(NCO)n1. The second kappa shape index (κ2) is 8.62. The molecule has 0 unspecified atom stereocenters. The molecule has 0 aliphatic carbocycles. The van der Waals surface area contributed by atoms with Gasteiger partial charge in [0.2, 0.25) is 17.8 Å². The van der Waals surface area contributed by atoms with E-state index in [1.807, 2.05) is 0 Å². The number of aliphatic hydroxyl groups is 2. The summed E-state index contributed by atoms with van der Waals surface area (Å²) >= 11 is 0. The van der Waals surface area contributed by atoms with Crippen LogP contribution in [0, 0.1) is 0 Å². The van der Waals surface area contributed by atoms with Gasteiger partial charge in [-0.2, -0.15) is 15.0 Å². The van der Waals surface area contributed by atoms with E-state index in [1.54, 1.807) is 0 Å². The summed E-state index contributed by atoms with van der Waals surface area (Å²) in [7, 11) is 0. The molecular formula is C8H18N6O2. The summed E-state index contributed by atoms with van der Waals surface area (Å²) in [5.41, 5.74) is 10.5. The quantitative estimate of drug-likeness (QED) is 0.422. The zero-order valence-electron chi connectivity index (χ0n) is 9.22. The molecule has 0 aliphatic heterocycles. The molecule has 0 aliphatic rings. The Balaban J connectivity index is 0.000000385. The molecule has 1 heterocycles. The van der Waals surface area contributed by atoms with E-state index in [9.17, 15) is 0 Å². The van der Waals surface area contributed by atoms with Crippen molar-refractivity contribution >= 4 is 17.8 Å². The van der Waals surface area contributed by atoms with Crippen LogP contribution in [0.25, 0.3) is 0 Å². The summed E-state index contributed by atoms with van der Waals surface area (Å²) in [4.78, 5) is 10.8. The fraction of sp³-hybridized carbons (Fsp3) is 0.625. The number of unbranched alkanes of at least 4 members (excludes halogenated alkanes) is 1. The minimum Gasteiger partial charge on any atom is -0.396 e. The van der Waals surface area contributed by atoms with Gasteiger partial charge in [-0.15, -0.1) is 0 Å². The summed E-state index contributed by atoms with van der Waals surface area (Å²) in [6, 6.07) is 0. The number of nitrogen functional groups attached to an aromatic ring is 2. The number of nitrogens with two attached hydrogens (primary N) is 2. The average Bonchev–Trinajstić information content (AvgIpc) is 2.18. The highest BCUT2D eigenvalue weighted by Gasteiger charge is 1.98. The molecule has 7 N–H and O–H groups in total. The second-order valence-electron chi connectivity index (χ2n) is 2.79. The second-order valence-corrected chi connectivity index (χ2v) is 2.79. The highest BCUT2D eigenvalue weighted by Crippen LogP contribution is 2.01. The van der Waals surface area contributed by atoms with E-state index >= 15 is 0 Å². The first-order valence-electron chi connectivity index (χ1n) is 4.86. The maximum absolute atomic E-state index is 8.41. The number of aliphatic hydroxyl groups excluding tert-OH is 2. The zero-order chi connectivity index (χ0) is 12.4. The third kappa shape index (κ3) is 6.74. The molecule has 1 aromatic heterocycles. The van der Waals surface area contributed by atoms with Crippen LogP contribution in [0.5, 0.6) is 0 Å². The van der Waals surface area contributed by atoms with Crippen molar-refractivity contribution in [3.05, 3.63) is 0 Å². The molecule has 0 bridgehead atoms. The third-order valence-corrected chi connectivity index (χ3v) is 1.42. The topological polar surface area (TPSA) is 143 Å². The Bertz CT molecular complexity index is 274. The summed E-state index contributed by atoms with van der Waals surface area (Å²) in [6.07, 6.45) is 2.04. The van der Waals surface area contributed by atoms with Crippen molar-refractivity contribution in [3.63, 3.8) is 0 Å². The number of nitrogens with zero attached hydrogens (tertiary/aromatic N) is 3. The predicted molar refractivity (Wildman–Crippen MR) is 61.4 cm³/mol. The van der Waals surface area contributed by atoms with Gasteiger partial charge >= 0.3 is 0 Å². The van der Waals surface area contributed by atoms with Crippen LogP contribution in [0.4, 0.5) is 17.8 Å². The zero-order valence-corrected chi connectivity index (χ0v) is 9.22. The molecule has 0 fully saturated rings. The first-order chi connectivity index (χ1) is 7.63. The van der Waals surface area contributed by atoms with Crippen molar-refractivity contribution in [1.29, 1.82) is 0 Å². The van der Waals surface area contributed by atoms with E-state index in [2.05, 4.69) is 27.2 Å². The number of anilines is 3. The van der Waals surface area contributed by atoms with Crippen molar-refractivity contribution in [1.82, 2.24) is 15.0 Å². The van der Waals surface area contributed by atoms with Crippen LogP contribution in [0.15, 0.2) is 0 Å². The van der Waals surface area contributed by atoms with Gasteiger partial charge in [0.15, 0.2) is 0 Å². The van der Waals surface area contributed by atoms with Crippen molar-refractivity contribution in [2.75, 3.05) is 30.1 Å². The predicted octanol–water partition coefficient (Wildman–Crippen LogP) is -0.823. The molecule has 0 aromatic carbocycles. The molecular weight excluding hydrogens is 212 g/mol. The lowest BCUT2D eigenvalue weighted by Gasteiger charge is -2.00. The summed E-state index contributed by atoms with van der Waals surface area (Å²) in [6.45, 7) is 2.12. The van der Waals surface area contributed by atoms with E-state index in [1.165, 1.54) is 0 Å². The van der Waals surface area contributed by atoms with Crippen molar-refractivity contribution in [2.24, 2.45) is 0 Å². The first-order valence-corrected chi connectivity index (χ1v) is 4.86. The normalized spacial score (nSPS) is 9.19. The lowest BCUT2D eigenvalue weighted by atomic mass is 10.4. The van der Waals surface area contributed by atoms with Gasteiger partial charge in [-0.3, -0.25) is 0 Å². The van der Waals surface area contributed by atoms with Gasteiger partial charge in [-0.05, 0) is 6.42 Å². The Morgan fingerprint density at radius 3 is 2.00 bits per heavy atom. The molecule has 0 saturated heterocycles. The van der Waals surface area contributed by atoms with Crippen LogP contribution in [-0.4, -0.2) is 38.5 Å². The van der Waals surface area contributed by atoms with E-state index in [-0.39, 0.29) is 24.6 Å². The molecule has 8 nitrogen and oxygen atoms in total. The smallest absolute Gasteiger partial charge is 0.231 e. The van der Waals surface area contributed by atoms with Crippen molar-refractivity contribution in [3.8, 4) is 0 Å². The van der Waals surface area contributed by atoms with Crippen LogP contribution >= 0.6 is 0 Å². The van der Waals surface area contributed by atoms with Crippen molar-refractivity contribution < 1.29 is 10.2 Å². The van der Waals surface area contributed by atoms with Gasteiger partial charge in [-0.1, -0.05) is 13.3 Å². The summed E-state index contributed by atoms with van der Waals surface area (Å²) in [5, 5.41) is 18.9. The van der Waals surface area contributed by atoms with Gasteiger partial charge in [0.1, 0.15) is 6.73 Å². The van der Waals surface area contributed by atoms with Gasteiger partial charge in [0.05, 0.1) is 0 Å². The highest BCUT2D eigenvalue weighted by molar-refractivity contribution is 5.36. The molecule has 0 spiro atoms. The lowest BCUT2D eigenvalue weighted by molar-refractivity contribution is 0.287. The monoisotopic (exact) mass is 230 g/mol. The number of nitrogens with one attached hydrogen (secondary N) is 1.